The van der Waals surface area contributed by atoms with E-state index in [0.29, 0.717) is 47.8 Å². The molecule has 0 saturated heterocycles. The molecule has 0 amide bonds. The Morgan fingerprint density at radius 3 is 2.11 bits per heavy atom. The van der Waals surface area contributed by atoms with E-state index in [1.165, 1.54) is 37.7 Å². The minimum Gasteiger partial charge on any atom is -0.267 e. The lowest BCUT2D eigenvalue weighted by molar-refractivity contribution is -0.162. The van der Waals surface area contributed by atoms with Crippen molar-refractivity contribution in [3.8, 4) is 0 Å². The van der Waals surface area contributed by atoms with Crippen LogP contribution in [0.2, 0.25) is 0 Å². The molecule has 0 N–H and O–H groups in total. The fraction of sp³-hybridized carbons (Fsp3) is 0.931. The molecule has 4 fully saturated rings. The normalized spacial score (nSPS) is 42.8. The fourth-order valence-electron chi connectivity index (χ4n) is 9.71. The zero-order valence-corrected chi connectivity index (χ0v) is 25.7. The number of rotatable bonds is 8. The first-order valence-electron chi connectivity index (χ1n) is 14.4. The molecule has 0 spiro atoms. The molecule has 4 aliphatic rings. The van der Waals surface area contributed by atoms with Gasteiger partial charge in [-0.15, -0.1) is 0 Å². The van der Waals surface area contributed by atoms with Crippen LogP contribution < -0.4 is 0 Å². The van der Waals surface area contributed by atoms with E-state index in [1.807, 2.05) is 0 Å². The molecule has 6 nitrogen and oxygen atoms in total. The number of allylic oxidation sites excluding steroid dienone is 2. The minimum atomic E-state index is -3.63. The van der Waals surface area contributed by atoms with Crippen molar-refractivity contribution in [2.75, 3.05) is 12.5 Å². The summed E-state index contributed by atoms with van der Waals surface area (Å²) in [4.78, 5) is 0. The largest absolute Gasteiger partial charge is 0.267 e. The molecular formula is C29H50O6S2. The summed E-state index contributed by atoms with van der Waals surface area (Å²) in [5.74, 6) is 2.94. The van der Waals surface area contributed by atoms with Crippen LogP contribution in [0.25, 0.3) is 0 Å². The second-order valence-electron chi connectivity index (χ2n) is 13.8. The van der Waals surface area contributed by atoms with E-state index < -0.39 is 32.4 Å². The first-order chi connectivity index (χ1) is 17.0. The summed E-state index contributed by atoms with van der Waals surface area (Å²) < 4.78 is 59.7. The van der Waals surface area contributed by atoms with Gasteiger partial charge in [0.05, 0.1) is 24.7 Å². The van der Waals surface area contributed by atoms with E-state index in [-0.39, 0.29) is 11.3 Å². The molecule has 0 aromatic heterocycles. The van der Waals surface area contributed by atoms with Gasteiger partial charge in [-0.05, 0) is 124 Å². The summed E-state index contributed by atoms with van der Waals surface area (Å²) in [6, 6.07) is 0. The Hall–Kier alpha value is -0.440. The topological polar surface area (TPSA) is 86.7 Å². The highest BCUT2D eigenvalue weighted by atomic mass is 32.2. The quantitative estimate of drug-likeness (QED) is 0.256. The molecule has 214 valence electrons. The molecule has 0 heterocycles. The van der Waals surface area contributed by atoms with Crippen molar-refractivity contribution >= 4 is 20.2 Å². The molecule has 4 aliphatic carbocycles. The van der Waals surface area contributed by atoms with Crippen molar-refractivity contribution in [2.24, 2.45) is 46.3 Å². The highest BCUT2D eigenvalue weighted by molar-refractivity contribution is 7.86. The monoisotopic (exact) mass is 558 g/mol. The maximum Gasteiger partial charge on any atom is 0.264 e. The van der Waals surface area contributed by atoms with Gasteiger partial charge in [-0.25, -0.2) is 0 Å². The molecular weight excluding hydrogens is 508 g/mol. The van der Waals surface area contributed by atoms with Crippen LogP contribution in [0, 0.1) is 46.3 Å². The van der Waals surface area contributed by atoms with Gasteiger partial charge in [0.1, 0.15) is 0 Å². The van der Waals surface area contributed by atoms with Gasteiger partial charge in [0.2, 0.25) is 0 Å². The number of fused-ring (bicyclic) bond motifs is 5. The van der Waals surface area contributed by atoms with Crippen molar-refractivity contribution < 1.29 is 25.2 Å². The van der Waals surface area contributed by atoms with E-state index in [0.717, 1.165) is 31.8 Å². The maximum atomic E-state index is 12.4. The van der Waals surface area contributed by atoms with Crippen LogP contribution >= 0.6 is 0 Å². The predicted molar refractivity (Wildman–Crippen MR) is 148 cm³/mol. The molecule has 0 bridgehead atoms. The molecule has 37 heavy (non-hydrogen) atoms. The van der Waals surface area contributed by atoms with Gasteiger partial charge in [-0.2, -0.15) is 16.8 Å². The molecule has 4 rings (SSSR count). The van der Waals surface area contributed by atoms with Crippen molar-refractivity contribution in [1.29, 1.82) is 0 Å². The SMILES string of the molecule is CC(C)=CCC[C@@H](C)[C@H]1CC[C@H]2[C@@H]3C[C@H](OS(C)(=O)=O)[C@@H]4C[C@H](OS(C)(=O)=O)CC[C@]4(C)[C@H]3CC[C@]12C. The van der Waals surface area contributed by atoms with Crippen LogP contribution in [-0.2, 0) is 28.6 Å². The molecule has 0 aromatic carbocycles. The Morgan fingerprint density at radius 2 is 1.49 bits per heavy atom. The summed E-state index contributed by atoms with van der Waals surface area (Å²) in [6.07, 6.45) is 13.9. The van der Waals surface area contributed by atoms with Crippen LogP contribution in [0.3, 0.4) is 0 Å². The van der Waals surface area contributed by atoms with Crippen LogP contribution in [0.1, 0.15) is 98.8 Å². The molecule has 8 heteroatoms. The molecule has 4 saturated carbocycles. The summed E-state index contributed by atoms with van der Waals surface area (Å²) >= 11 is 0. The molecule has 0 aliphatic heterocycles. The predicted octanol–water partition coefficient (Wildman–Crippen LogP) is 6.33. The van der Waals surface area contributed by atoms with Gasteiger partial charge < -0.3 is 0 Å². The zero-order chi connectivity index (χ0) is 27.4. The van der Waals surface area contributed by atoms with E-state index in [2.05, 4.69) is 40.7 Å². The number of hydrogen-bond donors (Lipinski definition) is 0. The van der Waals surface area contributed by atoms with E-state index >= 15 is 0 Å². The van der Waals surface area contributed by atoms with Gasteiger partial charge >= 0.3 is 0 Å². The van der Waals surface area contributed by atoms with Gasteiger partial charge in [-0.3, -0.25) is 8.37 Å². The Balaban J connectivity index is 1.59. The maximum absolute atomic E-state index is 12.4. The van der Waals surface area contributed by atoms with E-state index in [4.69, 9.17) is 8.37 Å². The van der Waals surface area contributed by atoms with Crippen molar-refractivity contribution in [3.63, 3.8) is 0 Å². The van der Waals surface area contributed by atoms with Gasteiger partial charge in [0, 0.05) is 0 Å². The molecule has 0 aromatic rings. The zero-order valence-electron chi connectivity index (χ0n) is 24.0. The lowest BCUT2D eigenvalue weighted by Gasteiger charge is -2.62. The summed E-state index contributed by atoms with van der Waals surface area (Å²) in [5, 5.41) is 0. The standard InChI is InChI=1S/C29H50O6S2/c1-19(2)9-8-10-20(3)23-11-12-24-22-18-27(35-37(7,32)33)26-17-21(34-36(6,30)31)13-15-29(26,5)25(22)14-16-28(23,24)4/h9,20-27H,8,10-18H2,1-7H3/t20-,21-,22+,23-,24+,25+,26+,27+,28-,29-/m1/s1. The van der Waals surface area contributed by atoms with Crippen molar-refractivity contribution in [3.05, 3.63) is 11.6 Å². The third kappa shape index (κ3) is 6.17. The molecule has 10 atom stereocenters. The lowest BCUT2D eigenvalue weighted by Crippen LogP contribution is -2.59. The Morgan fingerprint density at radius 1 is 0.865 bits per heavy atom. The average molecular weight is 559 g/mol. The fourth-order valence-corrected chi connectivity index (χ4v) is 11.0. The molecule has 0 unspecified atom stereocenters. The number of hydrogen-bond acceptors (Lipinski definition) is 6. The van der Waals surface area contributed by atoms with E-state index in [1.54, 1.807) is 0 Å². The van der Waals surface area contributed by atoms with Crippen LogP contribution in [0.4, 0.5) is 0 Å². The van der Waals surface area contributed by atoms with Crippen LogP contribution in [-0.4, -0.2) is 41.6 Å². The van der Waals surface area contributed by atoms with Crippen LogP contribution in [0.15, 0.2) is 11.6 Å². The highest BCUT2D eigenvalue weighted by Gasteiger charge is 2.63. The van der Waals surface area contributed by atoms with Gasteiger partial charge in [0.15, 0.2) is 0 Å². The Labute approximate surface area is 226 Å². The molecule has 0 radical (unpaired) electrons. The third-order valence-electron chi connectivity index (χ3n) is 11.2. The van der Waals surface area contributed by atoms with Gasteiger partial charge in [-0.1, -0.05) is 32.4 Å². The van der Waals surface area contributed by atoms with Gasteiger partial charge in [0.25, 0.3) is 20.2 Å². The van der Waals surface area contributed by atoms with Crippen LogP contribution in [0.5, 0.6) is 0 Å². The average Bonchev–Trinajstić information content (AvgIpc) is 3.10. The summed E-state index contributed by atoms with van der Waals surface area (Å²) in [6.45, 7) is 11.7. The first kappa shape index (κ1) is 29.5. The Bertz CT molecular complexity index is 1080. The Kier molecular flexibility index (Phi) is 8.39. The summed E-state index contributed by atoms with van der Waals surface area (Å²) in [5.41, 5.74) is 1.62. The van der Waals surface area contributed by atoms with E-state index in [9.17, 15) is 16.8 Å². The first-order valence-corrected chi connectivity index (χ1v) is 18.1. The summed E-state index contributed by atoms with van der Waals surface area (Å²) in [7, 11) is -7.20. The minimum absolute atomic E-state index is 0.0199. The van der Waals surface area contributed by atoms with Crippen molar-refractivity contribution in [1.82, 2.24) is 0 Å². The van der Waals surface area contributed by atoms with Crippen molar-refractivity contribution in [2.45, 2.75) is 111 Å². The highest BCUT2D eigenvalue weighted by Crippen LogP contribution is 2.68. The third-order valence-corrected chi connectivity index (χ3v) is 12.4. The smallest absolute Gasteiger partial charge is 0.264 e. The second kappa shape index (κ2) is 10.5. The second-order valence-corrected chi connectivity index (χ2v) is 17.0. The lowest BCUT2D eigenvalue weighted by atomic mass is 9.43.